The molecule has 2 aliphatic carbocycles. The zero-order valence-corrected chi connectivity index (χ0v) is 18.5. The molecule has 2 aromatic rings. The van der Waals surface area contributed by atoms with Gasteiger partial charge in [-0.25, -0.2) is 23.7 Å². The SMILES string of the molecule is Cn1cncc1-c1nc(C(=O)NC2CCCCC2)cc(C2CCC(F)(F)CC2)n1.OC(F)F.[HH]. The first-order valence-electron chi connectivity index (χ1n) is 11.2. The lowest BCUT2D eigenvalue weighted by atomic mass is 9.84. The molecule has 7 nitrogen and oxygen atoms in total. The third-order valence-electron chi connectivity index (χ3n) is 6.10. The lowest BCUT2D eigenvalue weighted by Crippen LogP contribution is -2.36. The van der Waals surface area contributed by atoms with Gasteiger partial charge in [-0.15, -0.1) is 0 Å². The summed E-state index contributed by atoms with van der Waals surface area (Å²) < 4.78 is 48.8. The summed E-state index contributed by atoms with van der Waals surface area (Å²) in [6.45, 7) is -3.17. The molecule has 0 bridgehead atoms. The summed E-state index contributed by atoms with van der Waals surface area (Å²) >= 11 is 0. The lowest BCUT2D eigenvalue weighted by Gasteiger charge is -2.28. The van der Waals surface area contributed by atoms with E-state index in [1.165, 1.54) is 6.42 Å². The normalized spacial score (nSPS) is 19.1. The number of amides is 1. The molecule has 2 aliphatic rings. The molecule has 0 atom stereocenters. The van der Waals surface area contributed by atoms with Crippen molar-refractivity contribution < 1.29 is 28.9 Å². The Balaban J connectivity index is 0.000000758. The molecule has 2 N–H and O–H groups in total. The Morgan fingerprint density at radius 3 is 2.39 bits per heavy atom. The van der Waals surface area contributed by atoms with Gasteiger partial charge in [0.2, 0.25) is 5.92 Å². The summed E-state index contributed by atoms with van der Waals surface area (Å²) in [4.78, 5) is 26.2. The molecule has 2 saturated carbocycles. The van der Waals surface area contributed by atoms with Crippen molar-refractivity contribution in [2.24, 2.45) is 7.05 Å². The van der Waals surface area contributed by atoms with Gasteiger partial charge >= 0.3 is 6.61 Å². The van der Waals surface area contributed by atoms with Crippen LogP contribution in [0.3, 0.4) is 0 Å². The standard InChI is InChI=1S/C21H27F2N5O.CH2F2O.H2/c1-28-13-24-12-18(28)19-26-16(14-7-9-21(22,23)10-8-14)11-17(27-19)20(29)25-15-5-3-2-4-6-15;2-1(3)4;/h11-15H,2-10H2,1H3,(H,25,29);1,4H;1H. The van der Waals surface area contributed by atoms with Gasteiger partial charge in [0, 0.05) is 39.0 Å². The van der Waals surface area contributed by atoms with Gasteiger partial charge in [0.05, 0.1) is 12.5 Å². The first-order valence-corrected chi connectivity index (χ1v) is 11.2. The number of nitrogens with one attached hydrogen (secondary N) is 1. The van der Waals surface area contributed by atoms with Gasteiger partial charge < -0.3 is 15.0 Å². The highest BCUT2D eigenvalue weighted by Gasteiger charge is 2.36. The number of imidazole rings is 1. The predicted molar refractivity (Wildman–Crippen MR) is 115 cm³/mol. The Morgan fingerprint density at radius 2 is 1.82 bits per heavy atom. The molecule has 0 aromatic carbocycles. The van der Waals surface area contributed by atoms with Crippen LogP contribution in [0.2, 0.25) is 0 Å². The molecule has 0 aliphatic heterocycles. The Kier molecular flexibility index (Phi) is 8.39. The fourth-order valence-electron chi connectivity index (χ4n) is 4.32. The number of aliphatic hydroxyl groups is 1. The van der Waals surface area contributed by atoms with Crippen molar-refractivity contribution in [3.8, 4) is 11.5 Å². The zero-order valence-electron chi connectivity index (χ0n) is 18.5. The number of carbonyl (C=O) groups is 1. The Hall–Kier alpha value is -2.56. The second kappa shape index (κ2) is 11.0. The zero-order chi connectivity index (χ0) is 24.0. The summed E-state index contributed by atoms with van der Waals surface area (Å²) in [6.07, 6.45) is 9.14. The van der Waals surface area contributed by atoms with Crippen LogP contribution in [-0.2, 0) is 7.05 Å². The third kappa shape index (κ3) is 7.21. The number of hydrogen-bond acceptors (Lipinski definition) is 5. The Labute approximate surface area is 191 Å². The number of aliphatic hydroxyl groups excluding tert-OH is 1. The number of carbonyl (C=O) groups excluding carboxylic acids is 1. The minimum absolute atomic E-state index is 0. The largest absolute Gasteiger partial charge is 0.348 e. The van der Waals surface area contributed by atoms with Crippen molar-refractivity contribution in [1.82, 2.24) is 24.8 Å². The molecule has 0 saturated heterocycles. The molecule has 0 unspecified atom stereocenters. The van der Waals surface area contributed by atoms with Crippen molar-refractivity contribution in [2.45, 2.75) is 82.3 Å². The van der Waals surface area contributed by atoms with Crippen LogP contribution in [0.4, 0.5) is 17.6 Å². The van der Waals surface area contributed by atoms with Crippen molar-refractivity contribution in [3.63, 3.8) is 0 Å². The highest BCUT2D eigenvalue weighted by molar-refractivity contribution is 5.93. The average Bonchev–Trinajstić information content (AvgIpc) is 3.19. The molecule has 2 fully saturated rings. The maximum Gasteiger partial charge on any atom is 0.342 e. The van der Waals surface area contributed by atoms with Gasteiger partial charge in [-0.3, -0.25) is 4.79 Å². The maximum atomic E-state index is 13.6. The number of hydrogen-bond donors (Lipinski definition) is 2. The van der Waals surface area contributed by atoms with E-state index in [0.717, 1.165) is 25.7 Å². The molecule has 184 valence electrons. The van der Waals surface area contributed by atoms with E-state index in [1.807, 2.05) is 7.05 Å². The van der Waals surface area contributed by atoms with Crippen LogP contribution >= 0.6 is 0 Å². The molecule has 33 heavy (non-hydrogen) atoms. The summed E-state index contributed by atoms with van der Waals surface area (Å²) in [6, 6.07) is 1.86. The molecule has 4 rings (SSSR count). The number of alkyl halides is 4. The van der Waals surface area contributed by atoms with Crippen LogP contribution in [-0.4, -0.2) is 49.1 Å². The number of halogens is 4. The van der Waals surface area contributed by atoms with Crippen LogP contribution < -0.4 is 5.32 Å². The fourth-order valence-corrected chi connectivity index (χ4v) is 4.32. The quantitative estimate of drug-likeness (QED) is 0.629. The number of aromatic nitrogens is 4. The topological polar surface area (TPSA) is 92.9 Å². The van der Waals surface area contributed by atoms with E-state index in [2.05, 4.69) is 20.3 Å². The van der Waals surface area contributed by atoms with E-state index in [4.69, 9.17) is 5.11 Å². The molecule has 0 radical (unpaired) electrons. The van der Waals surface area contributed by atoms with Gasteiger partial charge in [-0.05, 0) is 31.7 Å². The van der Waals surface area contributed by atoms with Gasteiger partial charge in [0.1, 0.15) is 11.4 Å². The first kappa shape index (κ1) is 25.1. The molecular formula is C22H31F4N5O2. The number of rotatable bonds is 4. The van der Waals surface area contributed by atoms with Gasteiger partial charge in [-0.2, -0.15) is 8.78 Å². The lowest BCUT2D eigenvalue weighted by molar-refractivity contribution is -0.0728. The molecule has 2 heterocycles. The minimum atomic E-state index is -3.17. The maximum absolute atomic E-state index is 13.6. The van der Waals surface area contributed by atoms with Gasteiger partial charge in [-0.1, -0.05) is 19.3 Å². The van der Waals surface area contributed by atoms with Crippen molar-refractivity contribution >= 4 is 5.91 Å². The predicted octanol–water partition coefficient (Wildman–Crippen LogP) is 4.68. The van der Waals surface area contributed by atoms with E-state index < -0.39 is 12.5 Å². The Bertz CT molecular complexity index is 925. The molecule has 1 amide bonds. The Morgan fingerprint density at radius 1 is 1.18 bits per heavy atom. The second-order valence-electron chi connectivity index (χ2n) is 8.61. The van der Waals surface area contributed by atoms with Gasteiger partial charge in [0.15, 0.2) is 5.82 Å². The molecule has 2 aromatic heterocycles. The van der Waals surface area contributed by atoms with Crippen molar-refractivity contribution in [2.75, 3.05) is 0 Å². The van der Waals surface area contributed by atoms with E-state index >= 15 is 0 Å². The molecule has 0 spiro atoms. The van der Waals surface area contributed by atoms with Crippen LogP contribution in [0.25, 0.3) is 11.5 Å². The first-order chi connectivity index (χ1) is 15.6. The van der Waals surface area contributed by atoms with Crippen LogP contribution in [0.15, 0.2) is 18.6 Å². The van der Waals surface area contributed by atoms with Crippen LogP contribution in [0.5, 0.6) is 0 Å². The summed E-state index contributed by atoms with van der Waals surface area (Å²) in [5.41, 5.74) is 1.66. The fraction of sp³-hybridized carbons (Fsp3) is 0.636. The monoisotopic (exact) mass is 473 g/mol. The molecular weight excluding hydrogens is 442 g/mol. The summed E-state index contributed by atoms with van der Waals surface area (Å²) in [5, 5.41) is 9.82. The smallest absolute Gasteiger partial charge is 0.342 e. The molecule has 11 heteroatoms. The number of nitrogens with zero attached hydrogens (tertiary/aromatic N) is 4. The van der Waals surface area contributed by atoms with Crippen LogP contribution in [0.1, 0.15) is 81.3 Å². The van der Waals surface area contributed by atoms with Gasteiger partial charge in [0.25, 0.3) is 5.91 Å². The van der Waals surface area contributed by atoms with Crippen molar-refractivity contribution in [1.29, 1.82) is 0 Å². The minimum Gasteiger partial charge on any atom is -0.348 e. The highest BCUT2D eigenvalue weighted by atomic mass is 19.3. The van der Waals surface area contributed by atoms with E-state index in [-0.39, 0.29) is 32.1 Å². The van der Waals surface area contributed by atoms with Crippen molar-refractivity contribution in [3.05, 3.63) is 30.0 Å². The van der Waals surface area contributed by atoms with E-state index in [1.54, 1.807) is 23.2 Å². The number of aryl methyl sites for hydroxylation is 1. The third-order valence-corrected chi connectivity index (χ3v) is 6.10. The summed E-state index contributed by atoms with van der Waals surface area (Å²) in [7, 11) is 1.83. The second-order valence-corrected chi connectivity index (χ2v) is 8.61. The summed E-state index contributed by atoms with van der Waals surface area (Å²) in [5.74, 6) is -2.50. The van der Waals surface area contributed by atoms with E-state index in [0.29, 0.717) is 35.7 Å². The highest BCUT2D eigenvalue weighted by Crippen LogP contribution is 2.40. The van der Waals surface area contributed by atoms with Crippen LogP contribution in [0, 0.1) is 0 Å². The average molecular weight is 474 g/mol. The van der Waals surface area contributed by atoms with E-state index in [9.17, 15) is 22.4 Å².